The maximum absolute atomic E-state index is 13.7. The Morgan fingerprint density at radius 2 is 1.93 bits per heavy atom. The number of rotatable bonds is 7. The lowest BCUT2D eigenvalue weighted by Gasteiger charge is -2.34. The van der Waals surface area contributed by atoms with Gasteiger partial charge in [0.05, 0.1) is 6.61 Å². The van der Waals surface area contributed by atoms with E-state index in [1.165, 1.54) is 6.92 Å². The summed E-state index contributed by atoms with van der Waals surface area (Å²) in [6.07, 6.45) is -11.0. The van der Waals surface area contributed by atoms with E-state index in [2.05, 4.69) is 11.3 Å². The molecule has 3 N–H and O–H groups in total. The summed E-state index contributed by atoms with van der Waals surface area (Å²) >= 11 is 0. The molecule has 8 nitrogen and oxygen atoms in total. The molecular formula is C16H19F5N2O6S. The summed E-state index contributed by atoms with van der Waals surface area (Å²) in [5, 5.41) is 10.1. The van der Waals surface area contributed by atoms with E-state index in [0.29, 0.717) is 6.42 Å². The molecule has 0 radical (unpaired) electrons. The Hall–Kier alpha value is -1.80. The molecule has 7 atom stereocenters. The molecule has 1 aliphatic heterocycles. The van der Waals surface area contributed by atoms with E-state index < -0.39 is 64.2 Å². The number of hydrogen-bond acceptors (Lipinski definition) is 7. The summed E-state index contributed by atoms with van der Waals surface area (Å²) in [6.45, 7) is 4.07. The molecule has 1 saturated heterocycles. The fourth-order valence-electron chi connectivity index (χ4n) is 4.53. The van der Waals surface area contributed by atoms with Gasteiger partial charge < -0.3 is 14.2 Å². The van der Waals surface area contributed by atoms with E-state index >= 15 is 0 Å². The second-order valence-corrected chi connectivity index (χ2v) is 9.18. The molecule has 0 spiro atoms. The number of hydrogen-bond donors (Lipinski definition) is 3. The van der Waals surface area contributed by atoms with E-state index in [0.717, 1.165) is 0 Å². The van der Waals surface area contributed by atoms with Crippen LogP contribution in [0.5, 0.6) is 0 Å². The maximum atomic E-state index is 13.7. The van der Waals surface area contributed by atoms with Gasteiger partial charge in [0.25, 0.3) is 0 Å². The molecular weight excluding hydrogens is 443 g/mol. The predicted molar refractivity (Wildman–Crippen MR) is 90.9 cm³/mol. The molecule has 0 amide bonds. The average Bonchev–Trinajstić information content (AvgIpc) is 3.16. The van der Waals surface area contributed by atoms with Crippen molar-refractivity contribution < 1.29 is 49.1 Å². The largest absolute Gasteiger partial charge is 0.473 e. The predicted octanol–water partition coefficient (Wildman–Crippen LogP) is 2.61. The van der Waals surface area contributed by atoms with Crippen LogP contribution in [-0.2, 0) is 24.3 Å². The monoisotopic (exact) mass is 462 g/mol. The minimum absolute atomic E-state index is 0.251. The fraction of sp³-hybridized carbons (Fsp3) is 0.750. The van der Waals surface area contributed by atoms with Crippen molar-refractivity contribution in [1.82, 2.24) is 0 Å². The van der Waals surface area contributed by atoms with Crippen LogP contribution in [0, 0.1) is 34.5 Å². The van der Waals surface area contributed by atoms with Crippen LogP contribution in [-0.4, -0.2) is 61.1 Å². The second-order valence-electron chi connectivity index (χ2n) is 7.68. The van der Waals surface area contributed by atoms with Gasteiger partial charge in [0, 0.05) is 29.2 Å². The third-order valence-electron chi connectivity index (χ3n) is 5.79. The molecule has 2 saturated carbocycles. The van der Waals surface area contributed by atoms with Crippen LogP contribution in [0.15, 0.2) is 12.2 Å². The van der Waals surface area contributed by atoms with Gasteiger partial charge in [-0.3, -0.25) is 15.4 Å². The number of ether oxygens (including phenoxy) is 3. The maximum Gasteiger partial charge on any atom is 0.421 e. The molecule has 30 heavy (non-hydrogen) atoms. The summed E-state index contributed by atoms with van der Waals surface area (Å²) < 4.78 is 112. The molecule has 1 heterocycles. The zero-order valence-electron chi connectivity index (χ0n) is 15.4. The highest BCUT2D eigenvalue weighted by atomic mass is 32.2. The first-order valence-corrected chi connectivity index (χ1v) is 10.2. The first-order valence-electron chi connectivity index (χ1n) is 8.76. The molecule has 3 rings (SSSR count). The Bertz CT molecular complexity index is 876. The normalized spacial score (nSPS) is 34.0. The molecule has 0 aromatic heterocycles. The number of nitrogens with one attached hydrogen (secondary N) is 2. The highest BCUT2D eigenvalue weighted by Gasteiger charge is 2.68. The summed E-state index contributed by atoms with van der Waals surface area (Å²) in [7, 11) is -6.41. The van der Waals surface area contributed by atoms with Crippen molar-refractivity contribution in [3.05, 3.63) is 12.2 Å². The topological polar surface area (TPSA) is 130 Å². The van der Waals surface area contributed by atoms with E-state index in [9.17, 15) is 30.4 Å². The van der Waals surface area contributed by atoms with Crippen LogP contribution in [0.4, 0.5) is 22.0 Å². The smallest absolute Gasteiger partial charge is 0.421 e. The van der Waals surface area contributed by atoms with Gasteiger partial charge in [-0.05, 0) is 13.3 Å². The molecule has 170 valence electrons. The molecule has 14 heteroatoms. The van der Waals surface area contributed by atoms with Gasteiger partial charge in [0.15, 0.2) is 5.90 Å². The van der Waals surface area contributed by atoms with Crippen molar-refractivity contribution in [3.63, 3.8) is 0 Å². The van der Waals surface area contributed by atoms with Gasteiger partial charge in [-0.25, -0.2) is 0 Å². The van der Waals surface area contributed by atoms with Gasteiger partial charge in [-0.1, -0.05) is 6.58 Å². The Labute approximate surface area is 168 Å². The minimum atomic E-state index is -6.41. The van der Waals surface area contributed by atoms with Crippen molar-refractivity contribution in [2.45, 2.75) is 43.1 Å². The zero-order chi connectivity index (χ0) is 22.8. The third kappa shape index (κ3) is 3.58. The van der Waals surface area contributed by atoms with Crippen molar-refractivity contribution in [3.8, 4) is 0 Å². The number of alkyl halides is 5. The Kier molecular flexibility index (Phi) is 5.43. The van der Waals surface area contributed by atoms with E-state index in [-0.39, 0.29) is 23.3 Å². The van der Waals surface area contributed by atoms with Gasteiger partial charge in [0.1, 0.15) is 12.2 Å². The van der Waals surface area contributed by atoms with Crippen LogP contribution >= 0.6 is 0 Å². The van der Waals surface area contributed by atoms with Crippen LogP contribution in [0.1, 0.15) is 13.3 Å². The summed E-state index contributed by atoms with van der Waals surface area (Å²) in [5.41, 5.74) is 0.278. The average molecular weight is 462 g/mol. The lowest BCUT2D eigenvalue weighted by atomic mass is 9.78. The summed E-state index contributed by atoms with van der Waals surface area (Å²) in [4.78, 5) is 0. The fourth-order valence-corrected chi connectivity index (χ4v) is 5.01. The molecule has 2 bridgehead atoms. The van der Waals surface area contributed by atoms with Crippen molar-refractivity contribution >= 4 is 21.9 Å². The van der Waals surface area contributed by atoms with E-state index in [4.69, 9.17) is 24.8 Å². The van der Waals surface area contributed by atoms with Gasteiger partial charge in [-0.2, -0.15) is 30.4 Å². The van der Waals surface area contributed by atoms with Crippen LogP contribution in [0.2, 0.25) is 0 Å². The lowest BCUT2D eigenvalue weighted by molar-refractivity contribution is -0.268. The molecule has 3 aliphatic rings. The molecule has 0 aromatic rings. The van der Waals surface area contributed by atoms with Crippen molar-refractivity contribution in [2.75, 3.05) is 6.61 Å². The van der Waals surface area contributed by atoms with Crippen LogP contribution in [0.25, 0.3) is 0 Å². The number of fused-ring (bicyclic) bond motifs is 1. The van der Waals surface area contributed by atoms with E-state index in [1.807, 2.05) is 0 Å². The Morgan fingerprint density at radius 3 is 2.43 bits per heavy atom. The Morgan fingerprint density at radius 1 is 1.33 bits per heavy atom. The van der Waals surface area contributed by atoms with Crippen LogP contribution < -0.4 is 0 Å². The summed E-state index contributed by atoms with van der Waals surface area (Å²) in [5.74, 6) is -3.04. The van der Waals surface area contributed by atoms with Gasteiger partial charge in [0.2, 0.25) is 12.0 Å². The highest BCUT2D eigenvalue weighted by Crippen LogP contribution is 2.59. The van der Waals surface area contributed by atoms with Crippen molar-refractivity contribution in [2.24, 2.45) is 23.7 Å². The van der Waals surface area contributed by atoms with Gasteiger partial charge >= 0.3 is 21.5 Å². The Balaban J connectivity index is 1.82. The van der Waals surface area contributed by atoms with E-state index in [1.54, 1.807) is 0 Å². The summed E-state index contributed by atoms with van der Waals surface area (Å²) in [6, 6.07) is 0. The highest BCUT2D eigenvalue weighted by molar-refractivity contribution is 7.86. The number of halogens is 5. The lowest BCUT2D eigenvalue weighted by Crippen LogP contribution is -2.52. The molecule has 3 fully saturated rings. The van der Waals surface area contributed by atoms with Crippen LogP contribution in [0.3, 0.4) is 0 Å². The van der Waals surface area contributed by atoms with Crippen molar-refractivity contribution in [1.29, 1.82) is 10.8 Å². The molecule has 0 aromatic carbocycles. The van der Waals surface area contributed by atoms with Gasteiger partial charge in [-0.15, -0.1) is 0 Å². The SMILES string of the molecule is C=C(C)C(=N)OC1C2CC3C1OC(=N)C3C2COC(C(F)(F)F)C(F)(F)S(=O)(=O)O. The molecule has 7 unspecified atom stereocenters. The second kappa shape index (κ2) is 7.12. The quantitative estimate of drug-likeness (QED) is 0.231. The minimum Gasteiger partial charge on any atom is -0.473 e. The zero-order valence-corrected chi connectivity index (χ0v) is 16.3. The first kappa shape index (κ1) is 22.9. The third-order valence-corrected chi connectivity index (χ3v) is 6.70. The molecule has 2 aliphatic carbocycles. The standard InChI is InChI=1S/C16H19F5N2O6S/c1-5(2)12(22)28-10-6-3-7-9(13(23)29-11(7)10)8(6)4-27-14(15(17,18)19)16(20,21)30(24,25)26/h6-11,14,22-23H,1,3-4H2,2H3,(H,24,25,26). The first-order chi connectivity index (χ1) is 13.6.